The summed E-state index contributed by atoms with van der Waals surface area (Å²) >= 11 is 0. The number of nitrogens with zero attached hydrogens (tertiary/aromatic N) is 4. The van der Waals surface area contributed by atoms with E-state index in [2.05, 4.69) is 9.97 Å². The van der Waals surface area contributed by atoms with Crippen LogP contribution in [0.5, 0.6) is 0 Å². The van der Waals surface area contributed by atoms with Crippen LogP contribution >= 0.6 is 0 Å². The van der Waals surface area contributed by atoms with E-state index in [0.29, 0.717) is 17.7 Å². The molecule has 0 bridgehead atoms. The Morgan fingerprint density at radius 1 is 1.25 bits per heavy atom. The fourth-order valence-corrected chi connectivity index (χ4v) is 1.82. The maximum atomic E-state index is 12.3. The second kappa shape index (κ2) is 6.43. The average Bonchev–Trinajstić information content (AvgIpc) is 2.52. The van der Waals surface area contributed by atoms with Crippen molar-refractivity contribution in [3.63, 3.8) is 0 Å². The third-order valence-electron chi connectivity index (χ3n) is 3.00. The summed E-state index contributed by atoms with van der Waals surface area (Å²) in [6.45, 7) is 0.572. The van der Waals surface area contributed by atoms with Gasteiger partial charge in [-0.05, 0) is 30.2 Å². The zero-order valence-corrected chi connectivity index (χ0v) is 11.2. The Labute approximate surface area is 117 Å². The molecule has 2 aromatic rings. The molecule has 0 aliphatic rings. The maximum Gasteiger partial charge on any atom is 0.256 e. The highest BCUT2D eigenvalue weighted by atomic mass is 16.2. The van der Waals surface area contributed by atoms with Gasteiger partial charge in [-0.2, -0.15) is 5.26 Å². The number of hydrogen-bond acceptors (Lipinski definition) is 4. The van der Waals surface area contributed by atoms with Crippen LogP contribution in [-0.2, 0) is 6.42 Å². The van der Waals surface area contributed by atoms with Crippen LogP contribution in [0.3, 0.4) is 0 Å². The molecule has 2 heterocycles. The molecule has 20 heavy (non-hydrogen) atoms. The quantitative estimate of drug-likeness (QED) is 0.844. The van der Waals surface area contributed by atoms with Crippen LogP contribution in [-0.4, -0.2) is 34.4 Å². The van der Waals surface area contributed by atoms with Gasteiger partial charge in [0.1, 0.15) is 6.07 Å². The van der Waals surface area contributed by atoms with E-state index >= 15 is 0 Å². The molecule has 0 aliphatic carbocycles. The first-order valence-corrected chi connectivity index (χ1v) is 6.21. The first-order valence-electron chi connectivity index (χ1n) is 6.21. The lowest BCUT2D eigenvalue weighted by atomic mass is 10.1. The summed E-state index contributed by atoms with van der Waals surface area (Å²) < 4.78 is 0. The van der Waals surface area contributed by atoms with Crippen LogP contribution < -0.4 is 0 Å². The van der Waals surface area contributed by atoms with Gasteiger partial charge in [-0.15, -0.1) is 0 Å². The third-order valence-corrected chi connectivity index (χ3v) is 3.00. The average molecular weight is 266 g/mol. The minimum Gasteiger partial charge on any atom is -0.341 e. The van der Waals surface area contributed by atoms with Crippen molar-refractivity contribution in [2.45, 2.75) is 6.42 Å². The van der Waals surface area contributed by atoms with E-state index in [1.165, 1.54) is 12.4 Å². The van der Waals surface area contributed by atoms with Gasteiger partial charge >= 0.3 is 0 Å². The van der Waals surface area contributed by atoms with Gasteiger partial charge in [0.05, 0.1) is 11.1 Å². The summed E-state index contributed by atoms with van der Waals surface area (Å²) in [5.41, 5.74) is 1.80. The lowest BCUT2D eigenvalue weighted by Gasteiger charge is -2.17. The molecule has 0 aromatic carbocycles. The number of carbonyl (C=O) groups is 1. The van der Waals surface area contributed by atoms with Crippen molar-refractivity contribution >= 4 is 5.91 Å². The number of pyridine rings is 2. The highest BCUT2D eigenvalue weighted by Gasteiger charge is 2.15. The van der Waals surface area contributed by atoms with Gasteiger partial charge in [-0.1, -0.05) is 0 Å². The normalized spacial score (nSPS) is 9.80. The predicted molar refractivity (Wildman–Crippen MR) is 73.9 cm³/mol. The van der Waals surface area contributed by atoms with Crippen molar-refractivity contribution in [3.8, 4) is 6.07 Å². The molecule has 2 rings (SSSR count). The van der Waals surface area contributed by atoms with Crippen LogP contribution in [0.25, 0.3) is 0 Å². The van der Waals surface area contributed by atoms with Crippen LogP contribution in [0.1, 0.15) is 21.5 Å². The van der Waals surface area contributed by atoms with Gasteiger partial charge in [0.25, 0.3) is 5.91 Å². The lowest BCUT2D eigenvalue weighted by molar-refractivity contribution is 0.0796. The van der Waals surface area contributed by atoms with Gasteiger partial charge in [-0.25, -0.2) is 0 Å². The molecular weight excluding hydrogens is 252 g/mol. The fraction of sp³-hybridized carbons (Fsp3) is 0.200. The molecule has 100 valence electrons. The van der Waals surface area contributed by atoms with Gasteiger partial charge < -0.3 is 4.90 Å². The van der Waals surface area contributed by atoms with Gasteiger partial charge in [0, 0.05) is 38.4 Å². The van der Waals surface area contributed by atoms with Crippen LogP contribution in [0.4, 0.5) is 0 Å². The Kier molecular flexibility index (Phi) is 4.40. The smallest absolute Gasteiger partial charge is 0.256 e. The van der Waals surface area contributed by atoms with E-state index in [0.717, 1.165) is 12.0 Å². The Morgan fingerprint density at radius 2 is 1.95 bits per heavy atom. The molecule has 0 N–H and O–H groups in total. The number of rotatable bonds is 4. The molecule has 0 spiro atoms. The van der Waals surface area contributed by atoms with E-state index in [-0.39, 0.29) is 5.91 Å². The minimum absolute atomic E-state index is 0.191. The molecule has 5 heteroatoms. The molecule has 0 atom stereocenters. The second-order valence-corrected chi connectivity index (χ2v) is 4.37. The van der Waals surface area contributed by atoms with E-state index < -0.39 is 0 Å². The molecule has 0 unspecified atom stereocenters. The number of amides is 1. The molecule has 0 radical (unpaired) electrons. The Balaban J connectivity index is 2.04. The molecule has 5 nitrogen and oxygen atoms in total. The zero-order chi connectivity index (χ0) is 14.4. The lowest BCUT2D eigenvalue weighted by Crippen LogP contribution is -2.29. The predicted octanol–water partition coefficient (Wildman–Crippen LogP) is 1.66. The third kappa shape index (κ3) is 3.18. The van der Waals surface area contributed by atoms with E-state index in [9.17, 15) is 4.79 Å². The highest BCUT2D eigenvalue weighted by Crippen LogP contribution is 2.09. The van der Waals surface area contributed by atoms with Crippen molar-refractivity contribution in [2.75, 3.05) is 13.6 Å². The van der Waals surface area contributed by atoms with Crippen molar-refractivity contribution < 1.29 is 4.79 Å². The van der Waals surface area contributed by atoms with E-state index in [1.54, 1.807) is 30.4 Å². The second-order valence-electron chi connectivity index (χ2n) is 4.37. The number of likely N-dealkylation sites (N-methyl/N-ethyl adjacent to an activating group) is 1. The molecule has 0 aliphatic heterocycles. The summed E-state index contributed by atoms with van der Waals surface area (Å²) in [4.78, 5) is 21.7. The van der Waals surface area contributed by atoms with Crippen LogP contribution in [0, 0.1) is 11.3 Å². The number of nitriles is 1. The van der Waals surface area contributed by atoms with Gasteiger partial charge in [0.15, 0.2) is 0 Å². The highest BCUT2D eigenvalue weighted by molar-refractivity contribution is 5.96. The summed E-state index contributed by atoms with van der Waals surface area (Å²) in [6, 6.07) is 7.39. The minimum atomic E-state index is -0.191. The van der Waals surface area contributed by atoms with Crippen LogP contribution in [0.2, 0.25) is 0 Å². The first kappa shape index (κ1) is 13.7. The Hall–Kier alpha value is -2.74. The molecule has 0 saturated carbocycles. The van der Waals surface area contributed by atoms with Gasteiger partial charge in [-0.3, -0.25) is 14.8 Å². The molecule has 2 aromatic heterocycles. The monoisotopic (exact) mass is 266 g/mol. The summed E-state index contributed by atoms with van der Waals surface area (Å²) in [5, 5.41) is 9.00. The fourth-order valence-electron chi connectivity index (χ4n) is 1.82. The molecule has 0 saturated heterocycles. The zero-order valence-electron chi connectivity index (χ0n) is 11.2. The summed E-state index contributed by atoms with van der Waals surface area (Å²) in [5.74, 6) is -0.191. The van der Waals surface area contributed by atoms with Gasteiger partial charge in [0.2, 0.25) is 0 Å². The van der Waals surface area contributed by atoms with Crippen molar-refractivity contribution in [1.82, 2.24) is 14.9 Å². The first-order chi connectivity index (χ1) is 9.72. The SMILES string of the molecule is CN(CCc1ccncc1)C(=O)c1cnccc1C#N. The molecular formula is C15H14N4O. The van der Waals surface area contributed by atoms with Crippen molar-refractivity contribution in [3.05, 3.63) is 59.7 Å². The Morgan fingerprint density at radius 3 is 2.65 bits per heavy atom. The van der Waals surface area contributed by atoms with E-state index in [1.807, 2.05) is 18.2 Å². The summed E-state index contributed by atoms with van der Waals surface area (Å²) in [6.07, 6.45) is 7.14. The van der Waals surface area contributed by atoms with E-state index in [4.69, 9.17) is 5.26 Å². The Bertz CT molecular complexity index is 634. The summed E-state index contributed by atoms with van der Waals surface area (Å²) in [7, 11) is 1.72. The topological polar surface area (TPSA) is 69.9 Å². The number of aromatic nitrogens is 2. The number of carbonyl (C=O) groups excluding carboxylic acids is 1. The van der Waals surface area contributed by atoms with Crippen molar-refractivity contribution in [2.24, 2.45) is 0 Å². The molecule has 1 amide bonds. The largest absolute Gasteiger partial charge is 0.341 e. The standard InChI is InChI=1S/C15H14N4O/c1-19(9-5-12-2-6-17-7-3-12)15(20)14-11-18-8-4-13(14)10-16/h2-4,6-8,11H,5,9H2,1H3. The van der Waals surface area contributed by atoms with Crippen LogP contribution in [0.15, 0.2) is 43.0 Å². The maximum absolute atomic E-state index is 12.3. The molecule has 0 fully saturated rings. The van der Waals surface area contributed by atoms with Crippen molar-refractivity contribution in [1.29, 1.82) is 5.26 Å². The number of hydrogen-bond donors (Lipinski definition) is 0.